The fourth-order valence-corrected chi connectivity index (χ4v) is 6.24. The third-order valence-corrected chi connectivity index (χ3v) is 8.90. The van der Waals surface area contributed by atoms with Crippen LogP contribution in [0.1, 0.15) is 41.6 Å². The van der Waals surface area contributed by atoms with Gasteiger partial charge in [0.25, 0.3) is 0 Å². The number of nitrogens with zero attached hydrogens (tertiary/aromatic N) is 1. The first-order valence-corrected chi connectivity index (χ1v) is 15.6. The Morgan fingerprint density at radius 1 is 1.09 bits per heavy atom. The van der Waals surface area contributed by atoms with Crippen LogP contribution >= 0.6 is 22.6 Å². The molecule has 0 unspecified atom stereocenters. The molecular weight excluding hydrogens is 683 g/mol. The minimum Gasteiger partial charge on any atom is -0.497 e. The molecular formula is C32H39IN2O9. The van der Waals surface area contributed by atoms with Crippen LogP contribution in [-0.4, -0.2) is 92.5 Å². The molecule has 1 saturated carbocycles. The van der Waals surface area contributed by atoms with E-state index in [1.165, 1.54) is 13.2 Å². The molecule has 2 aliphatic carbocycles. The summed E-state index contributed by atoms with van der Waals surface area (Å²) in [5.74, 6) is 1.22. The van der Waals surface area contributed by atoms with Crippen LogP contribution in [0, 0.1) is 9.49 Å². The summed E-state index contributed by atoms with van der Waals surface area (Å²) in [4.78, 5) is 40.2. The smallest absolute Gasteiger partial charge is 0.247 e. The van der Waals surface area contributed by atoms with Gasteiger partial charge in [-0.05, 0) is 83.8 Å². The molecule has 12 heteroatoms. The van der Waals surface area contributed by atoms with E-state index in [4.69, 9.17) is 18.9 Å². The second kappa shape index (κ2) is 15.6. The van der Waals surface area contributed by atoms with E-state index in [-0.39, 0.29) is 37.9 Å². The Labute approximate surface area is 270 Å². The molecule has 0 aliphatic heterocycles. The quantitative estimate of drug-likeness (QED) is 0.198. The molecule has 44 heavy (non-hydrogen) atoms. The number of hydrogen-bond donors (Lipinski definition) is 3. The summed E-state index contributed by atoms with van der Waals surface area (Å²) in [6.07, 6.45) is 3.00. The van der Waals surface area contributed by atoms with Crippen LogP contribution in [0.15, 0.2) is 42.0 Å². The number of halogens is 1. The number of rotatable bonds is 14. The van der Waals surface area contributed by atoms with Crippen LogP contribution < -0.4 is 24.3 Å². The highest BCUT2D eigenvalue weighted by Gasteiger charge is 2.43. The maximum Gasteiger partial charge on any atom is 0.247 e. The SMILES string of the molecule is COc1ccc(OC)c(CCN(C(=O)C2CCC2)[C@@H]2CC(C(=O)NCCO)=C[C@H](Oc3c(I)cc(C=O)cc3OC)[C@H]2O)c1. The molecule has 0 bridgehead atoms. The average molecular weight is 723 g/mol. The number of ether oxygens (including phenoxy) is 4. The molecule has 238 valence electrons. The number of hydrogen-bond acceptors (Lipinski definition) is 9. The molecule has 0 aromatic heterocycles. The van der Waals surface area contributed by atoms with Crippen LogP contribution in [-0.2, 0) is 16.0 Å². The van der Waals surface area contributed by atoms with Crippen molar-refractivity contribution >= 4 is 40.7 Å². The van der Waals surface area contributed by atoms with Gasteiger partial charge in [-0.2, -0.15) is 0 Å². The summed E-state index contributed by atoms with van der Waals surface area (Å²) in [5.41, 5.74) is 1.55. The molecule has 2 aromatic rings. The van der Waals surface area contributed by atoms with Gasteiger partial charge in [0.1, 0.15) is 30.0 Å². The van der Waals surface area contributed by atoms with Crippen molar-refractivity contribution in [3.63, 3.8) is 0 Å². The highest BCUT2D eigenvalue weighted by atomic mass is 127. The van der Waals surface area contributed by atoms with Crippen LogP contribution in [0.2, 0.25) is 0 Å². The van der Waals surface area contributed by atoms with E-state index in [0.717, 1.165) is 24.8 Å². The average Bonchev–Trinajstić information content (AvgIpc) is 3.00. The third kappa shape index (κ3) is 7.64. The van der Waals surface area contributed by atoms with Crippen molar-refractivity contribution in [1.29, 1.82) is 0 Å². The zero-order chi connectivity index (χ0) is 31.8. The predicted molar refractivity (Wildman–Crippen MR) is 170 cm³/mol. The predicted octanol–water partition coefficient (Wildman–Crippen LogP) is 2.92. The Kier molecular flexibility index (Phi) is 11.9. The maximum atomic E-state index is 13.9. The summed E-state index contributed by atoms with van der Waals surface area (Å²) in [6, 6.07) is 7.84. The minimum atomic E-state index is -1.20. The highest BCUT2D eigenvalue weighted by molar-refractivity contribution is 14.1. The molecule has 0 heterocycles. The van der Waals surface area contributed by atoms with Crippen molar-refractivity contribution < 1.29 is 43.5 Å². The summed E-state index contributed by atoms with van der Waals surface area (Å²) < 4.78 is 23.3. The Bertz CT molecular complexity index is 1380. The molecule has 11 nitrogen and oxygen atoms in total. The molecule has 2 aliphatic rings. The lowest BCUT2D eigenvalue weighted by Gasteiger charge is -2.43. The Morgan fingerprint density at radius 3 is 2.45 bits per heavy atom. The monoisotopic (exact) mass is 722 g/mol. The van der Waals surface area contributed by atoms with Crippen LogP contribution in [0.3, 0.4) is 0 Å². The first-order valence-electron chi connectivity index (χ1n) is 14.5. The van der Waals surface area contributed by atoms with E-state index in [2.05, 4.69) is 5.32 Å². The lowest BCUT2D eigenvalue weighted by atomic mass is 9.82. The second-order valence-corrected chi connectivity index (χ2v) is 11.9. The van der Waals surface area contributed by atoms with Gasteiger partial charge < -0.3 is 39.4 Å². The van der Waals surface area contributed by atoms with Gasteiger partial charge in [-0.15, -0.1) is 0 Å². The number of aliphatic hydroxyl groups excluding tert-OH is 2. The number of methoxy groups -OCH3 is 3. The first kappa shape index (κ1) is 33.5. The van der Waals surface area contributed by atoms with E-state index in [0.29, 0.717) is 50.4 Å². The van der Waals surface area contributed by atoms with Gasteiger partial charge in [0.15, 0.2) is 11.5 Å². The topological polar surface area (TPSA) is 144 Å². The number of amides is 2. The molecule has 0 radical (unpaired) electrons. The largest absolute Gasteiger partial charge is 0.497 e. The lowest BCUT2D eigenvalue weighted by molar-refractivity contribution is -0.145. The van der Waals surface area contributed by atoms with Crippen LogP contribution in [0.4, 0.5) is 0 Å². The van der Waals surface area contributed by atoms with Gasteiger partial charge in [-0.3, -0.25) is 14.4 Å². The number of aliphatic hydroxyl groups is 2. The van der Waals surface area contributed by atoms with Gasteiger partial charge in [0.2, 0.25) is 11.8 Å². The van der Waals surface area contributed by atoms with Gasteiger partial charge in [0, 0.05) is 36.6 Å². The summed E-state index contributed by atoms with van der Waals surface area (Å²) in [5, 5.41) is 23.8. The lowest BCUT2D eigenvalue weighted by Crippen LogP contribution is -2.57. The zero-order valence-electron chi connectivity index (χ0n) is 25.1. The number of carbonyl (C=O) groups excluding carboxylic acids is 3. The van der Waals surface area contributed by atoms with Crippen molar-refractivity contribution in [2.45, 2.75) is 50.4 Å². The molecule has 1 fully saturated rings. The molecule has 0 spiro atoms. The number of benzene rings is 2. The van der Waals surface area contributed by atoms with E-state index in [1.807, 2.05) is 34.7 Å². The fourth-order valence-electron chi connectivity index (χ4n) is 5.49. The molecule has 4 rings (SSSR count). The van der Waals surface area contributed by atoms with E-state index in [9.17, 15) is 24.6 Å². The standard InChI is InChI=1S/C32H39IN2O9/c1-41-23-7-8-26(42-2)21(15-23)9-11-35(32(40)20-5-4-6-20)25-16-22(31(39)34-10-12-36)17-27(29(25)38)44-30-24(33)13-19(18-37)14-28(30)43-3/h7-8,13-15,17-18,20,25,27,29,36,38H,4-6,9-12,16H2,1-3H3,(H,34,39)/t25-,27+,29+/m1/s1. The Morgan fingerprint density at radius 2 is 1.84 bits per heavy atom. The van der Waals surface area contributed by atoms with Crippen LogP contribution in [0.5, 0.6) is 23.0 Å². The fraction of sp³-hybridized carbons (Fsp3) is 0.469. The van der Waals surface area contributed by atoms with Gasteiger partial charge in [0.05, 0.1) is 37.5 Å². The summed E-state index contributed by atoms with van der Waals surface area (Å²) in [7, 11) is 4.60. The molecule has 2 aromatic carbocycles. The first-order chi connectivity index (χ1) is 21.2. The van der Waals surface area contributed by atoms with Gasteiger partial charge >= 0.3 is 0 Å². The molecule has 2 amide bonds. The van der Waals surface area contributed by atoms with Crippen molar-refractivity contribution in [3.8, 4) is 23.0 Å². The molecule has 3 N–H and O–H groups in total. The van der Waals surface area contributed by atoms with Crippen molar-refractivity contribution in [3.05, 3.63) is 56.7 Å². The zero-order valence-corrected chi connectivity index (χ0v) is 27.2. The van der Waals surface area contributed by atoms with Crippen molar-refractivity contribution in [1.82, 2.24) is 10.2 Å². The number of aldehydes is 1. The summed E-state index contributed by atoms with van der Waals surface area (Å²) in [6.45, 7) is 0.0695. The van der Waals surface area contributed by atoms with E-state index in [1.54, 1.807) is 37.3 Å². The normalized spacial score (nSPS) is 19.7. The van der Waals surface area contributed by atoms with Crippen LogP contribution in [0.25, 0.3) is 0 Å². The van der Waals surface area contributed by atoms with Crippen molar-refractivity contribution in [2.75, 3.05) is 41.0 Å². The maximum absolute atomic E-state index is 13.9. The Balaban J connectivity index is 1.71. The van der Waals surface area contributed by atoms with E-state index >= 15 is 0 Å². The van der Waals surface area contributed by atoms with Gasteiger partial charge in [-0.1, -0.05) is 6.42 Å². The highest BCUT2D eigenvalue weighted by Crippen LogP contribution is 2.38. The van der Waals surface area contributed by atoms with E-state index < -0.39 is 24.2 Å². The van der Waals surface area contributed by atoms with Crippen molar-refractivity contribution in [2.24, 2.45) is 5.92 Å². The number of carbonyl (C=O) groups is 3. The molecule has 0 saturated heterocycles. The Hall–Kier alpha value is -3.36. The minimum absolute atomic E-state index is 0.0498. The number of nitrogens with one attached hydrogen (secondary N) is 1. The summed E-state index contributed by atoms with van der Waals surface area (Å²) >= 11 is 2.02. The second-order valence-electron chi connectivity index (χ2n) is 10.8. The molecule has 3 atom stereocenters. The van der Waals surface area contributed by atoms with Gasteiger partial charge in [-0.25, -0.2) is 0 Å². The third-order valence-electron chi connectivity index (χ3n) is 8.10.